The summed E-state index contributed by atoms with van der Waals surface area (Å²) in [6.45, 7) is 8.80. The zero-order valence-corrected chi connectivity index (χ0v) is 62.2. The number of nitro benzene ring substituents is 2. The molecule has 0 bridgehead atoms. The van der Waals surface area contributed by atoms with Gasteiger partial charge in [-0.25, -0.2) is 101 Å². The van der Waals surface area contributed by atoms with Gasteiger partial charge < -0.3 is 0 Å². The largest absolute Gasteiger partial charge is 0.422 e. The molecule has 0 aliphatic carbocycles. The molecule has 0 aliphatic heterocycles. The first-order valence-electron chi connectivity index (χ1n) is 26.8. The summed E-state index contributed by atoms with van der Waals surface area (Å²) in [5.41, 5.74) is -16.9. The van der Waals surface area contributed by atoms with Crippen molar-refractivity contribution in [2.75, 3.05) is 0 Å². The van der Waals surface area contributed by atoms with Crippen LogP contribution in [0.2, 0.25) is 10.0 Å². The van der Waals surface area contributed by atoms with E-state index in [1.807, 2.05) is 0 Å². The minimum Gasteiger partial charge on any atom is -0.258 e. The fourth-order valence-electron chi connectivity index (χ4n) is 7.27. The first-order chi connectivity index (χ1) is 49.6. The van der Waals surface area contributed by atoms with Crippen molar-refractivity contribution in [3.8, 4) is 18.2 Å². The highest BCUT2D eigenvalue weighted by atomic mass is 127. The highest BCUT2D eigenvalue weighted by Crippen LogP contribution is 2.44. The Hall–Kier alpha value is -8.46. The van der Waals surface area contributed by atoms with Crippen LogP contribution in [0, 0.1) is 271 Å². The van der Waals surface area contributed by atoms with Crippen LogP contribution in [0.25, 0.3) is 0 Å². The number of nitrogens with zero attached hydrogens (tertiary/aromatic N) is 5. The molecule has 0 radical (unpaired) electrons. The minimum atomic E-state index is -5.70. The summed E-state index contributed by atoms with van der Waals surface area (Å²) in [5.74, 6) is -38.1. The fourth-order valence-corrected chi connectivity index (χ4v) is 9.87. The molecule has 8 aromatic rings. The Morgan fingerprint density at radius 2 is 0.541 bits per heavy atom. The van der Waals surface area contributed by atoms with Crippen LogP contribution in [0.15, 0.2) is 13.4 Å². The summed E-state index contributed by atoms with van der Waals surface area (Å²) in [4.78, 5) is 17.6. The summed E-state index contributed by atoms with van der Waals surface area (Å²) in [7, 11) is 0. The second-order valence-electron chi connectivity index (χ2n) is 20.1. The van der Waals surface area contributed by atoms with Gasteiger partial charge in [-0.05, 0) is 133 Å². The third kappa shape index (κ3) is 21.6. The van der Waals surface area contributed by atoms with Crippen molar-refractivity contribution in [2.24, 2.45) is 0 Å². The Labute approximate surface area is 636 Å². The van der Waals surface area contributed by atoms with Gasteiger partial charge in [-0.3, -0.25) is 20.2 Å². The molecule has 0 N–H and O–H groups in total. The van der Waals surface area contributed by atoms with Gasteiger partial charge in [-0.2, -0.15) is 55.3 Å². The quantitative estimate of drug-likeness (QED) is 0.0416. The van der Waals surface area contributed by atoms with Gasteiger partial charge in [0.25, 0.3) is 5.82 Å². The standard InChI is InChI=1S/C9H3F9.C9H3F3N2.C9H6F3N.C7H3Br2F3.C7H3BrF4.C7H3Cl2F3.C7H3F4I.C7H3F3N2O4/c1-2-5(10)3(8(13,14)15)7(12)4(6(2)11)9(16,17)18;1-4-7(10)5(2-13)9(12)6(3-14)8(4)11;1-4-6(3-13)9(12)8(11)5(2)7(4)10;1-2-5(10)3(8)7(12)4(9)6(2)11;1-2-4(9)6(11)3(8)7(12)5(2)10;1-2-5(10)3(8)7(12)4(9)6(2)11;1-2-3(8)5(10)7(12)6(11)4(2)9;1-2-3(8)6(11(13)14)5(10)7(4(2)9)12(15)16/h1H3;1H3;1-2H3;4*1H3;1H3. The molecule has 0 heterocycles. The van der Waals surface area contributed by atoms with E-state index in [2.05, 4.69) is 47.8 Å². The highest BCUT2D eigenvalue weighted by molar-refractivity contribution is 14.1. The van der Waals surface area contributed by atoms with E-state index in [-0.39, 0.29) is 25.6 Å². The average Bonchev–Trinajstić information content (AvgIpc) is 0.758. The van der Waals surface area contributed by atoms with Gasteiger partial charge in [0.05, 0.1) is 32.4 Å². The van der Waals surface area contributed by atoms with Crippen LogP contribution >= 0.6 is 93.6 Å². The molecular weight excluding hydrogens is 1920 g/mol. The molecule has 0 unspecified atom stereocenters. The molecule has 0 atom stereocenters. The Kier molecular flexibility index (Phi) is 35.7. The number of nitro groups is 2. The van der Waals surface area contributed by atoms with Gasteiger partial charge in [0.15, 0.2) is 93.1 Å². The lowest BCUT2D eigenvalue weighted by Gasteiger charge is -2.17. The SMILES string of the molecule is Cc1c(F)c(Br)c(F)c(Br)c1F.Cc1c(F)c(C#N)c(F)c(C#N)c1F.Cc1c(F)c(C(F)(F)F)c(F)c(C(F)(F)F)c1F.Cc1c(F)c(C)c(C#N)c(F)c1F.Cc1c(F)c(Cl)c(F)c(Cl)c1F.Cc1c(F)c(F)c(Br)c(F)c1F.Cc1c(F)c(F)c(I)c(F)c1F.Cc1c(F)c([N+](=O)[O-])c(F)c([N+](=O)[O-])c1F. The van der Waals surface area contributed by atoms with Gasteiger partial charge >= 0.3 is 23.7 Å². The molecule has 590 valence electrons. The van der Waals surface area contributed by atoms with E-state index >= 15 is 0 Å². The van der Waals surface area contributed by atoms with E-state index < -0.39 is 264 Å². The average molecular weight is 1950 g/mol. The van der Waals surface area contributed by atoms with Crippen LogP contribution in [-0.4, -0.2) is 9.85 Å². The van der Waals surface area contributed by atoms with E-state index in [1.165, 1.54) is 54.6 Å². The Morgan fingerprint density at radius 1 is 0.294 bits per heavy atom. The van der Waals surface area contributed by atoms with Crippen molar-refractivity contribution < 1.29 is 150 Å². The molecule has 9 nitrogen and oxygen atoms in total. The Balaban J connectivity index is 0.000000625. The van der Waals surface area contributed by atoms with Crippen LogP contribution in [0.3, 0.4) is 0 Å². The summed E-state index contributed by atoms with van der Waals surface area (Å²) < 4.78 is 405. The maximum Gasteiger partial charge on any atom is 0.422 e. The number of alkyl halides is 6. The molecule has 8 rings (SSSR count). The molecule has 109 heavy (non-hydrogen) atoms. The van der Waals surface area contributed by atoms with Crippen LogP contribution in [0.4, 0.5) is 152 Å². The predicted molar refractivity (Wildman–Crippen MR) is 336 cm³/mol. The van der Waals surface area contributed by atoms with Crippen molar-refractivity contribution in [1.29, 1.82) is 15.8 Å². The summed E-state index contributed by atoms with van der Waals surface area (Å²) in [6.07, 6.45) is -11.4. The molecule has 0 aliphatic rings. The number of benzene rings is 8. The molecule has 47 heteroatoms. The second-order valence-corrected chi connectivity index (χ2v) is 24.3. The normalized spacial score (nSPS) is 10.6. The lowest BCUT2D eigenvalue weighted by molar-refractivity contribution is -0.402. The molecule has 0 spiro atoms. The smallest absolute Gasteiger partial charge is 0.258 e. The van der Waals surface area contributed by atoms with Gasteiger partial charge in [-0.15, -0.1) is 0 Å². The molecule has 0 saturated carbocycles. The van der Waals surface area contributed by atoms with E-state index in [1.54, 1.807) is 0 Å². The zero-order chi connectivity index (χ0) is 86.0. The first-order valence-corrected chi connectivity index (χ1v) is 31.0. The predicted octanol–water partition coefficient (Wildman–Crippen LogP) is 25.6. The van der Waals surface area contributed by atoms with Crippen molar-refractivity contribution in [3.05, 3.63) is 276 Å². The number of nitriles is 3. The maximum absolute atomic E-state index is 13.1. The van der Waals surface area contributed by atoms with Crippen LogP contribution in [0.5, 0.6) is 0 Å². The molecule has 0 saturated heterocycles. The van der Waals surface area contributed by atoms with Gasteiger partial charge in [0.1, 0.15) is 91.2 Å². The zero-order valence-electron chi connectivity index (χ0n) is 53.7. The van der Waals surface area contributed by atoms with Gasteiger partial charge in [0, 0.05) is 50.1 Å². The fraction of sp³-hybridized carbons (Fsp3) is 0.177. The Morgan fingerprint density at radius 3 is 0.844 bits per heavy atom. The van der Waals surface area contributed by atoms with Crippen LogP contribution in [0.1, 0.15) is 77.9 Å². The first kappa shape index (κ1) is 98.5. The van der Waals surface area contributed by atoms with E-state index in [0.29, 0.717) is 6.92 Å². The lowest BCUT2D eigenvalue weighted by atomic mass is 10.0. The maximum atomic E-state index is 13.1. The highest BCUT2D eigenvalue weighted by Gasteiger charge is 2.48. The number of hydrogen-bond donors (Lipinski definition) is 0. The van der Waals surface area contributed by atoms with Gasteiger partial charge in [-0.1, -0.05) is 23.2 Å². The number of halogens is 38. The molecule has 0 fully saturated rings. The minimum absolute atomic E-state index is 0.154. The third-order valence-corrected chi connectivity index (χ3v) is 17.0. The van der Waals surface area contributed by atoms with Crippen molar-refractivity contribution in [1.82, 2.24) is 0 Å². The second kappa shape index (κ2) is 39.4. The van der Waals surface area contributed by atoms with Crippen LogP contribution < -0.4 is 0 Å². The summed E-state index contributed by atoms with van der Waals surface area (Å²) in [6, 6.07) is 3.89. The van der Waals surface area contributed by atoms with E-state index in [9.17, 15) is 161 Å². The molecular formula is C62H27Br3Cl2F32IN5O4. The van der Waals surface area contributed by atoms with Crippen LogP contribution in [-0.2, 0) is 12.4 Å². The number of rotatable bonds is 2. The molecule has 0 aromatic heterocycles. The lowest BCUT2D eigenvalue weighted by Crippen LogP contribution is -2.21. The molecule has 0 amide bonds. The van der Waals surface area contributed by atoms with Crippen molar-refractivity contribution in [3.63, 3.8) is 0 Å². The van der Waals surface area contributed by atoms with Crippen molar-refractivity contribution in [2.45, 2.75) is 74.7 Å². The third-order valence-electron chi connectivity index (χ3n) is 13.3. The molecule has 8 aromatic carbocycles. The van der Waals surface area contributed by atoms with E-state index in [4.69, 9.17) is 39.0 Å². The van der Waals surface area contributed by atoms with Gasteiger partial charge in [0.2, 0.25) is 11.6 Å². The number of hydrogen-bond acceptors (Lipinski definition) is 7. The van der Waals surface area contributed by atoms with Crippen molar-refractivity contribution >= 4 is 105 Å². The Bertz CT molecular complexity index is 4270. The van der Waals surface area contributed by atoms with E-state index in [0.717, 1.165) is 41.5 Å². The summed E-state index contributed by atoms with van der Waals surface area (Å²) in [5, 5.41) is 44.1. The summed E-state index contributed by atoms with van der Waals surface area (Å²) >= 11 is 19.2. The monoisotopic (exact) mass is 1950 g/mol. The topological polar surface area (TPSA) is 158 Å².